The lowest BCUT2D eigenvalue weighted by molar-refractivity contribution is -0.116. The molecule has 1 aromatic heterocycles. The Balaban J connectivity index is 1.98. The second-order valence-corrected chi connectivity index (χ2v) is 4.21. The van der Waals surface area contributed by atoms with Crippen LogP contribution in [0.25, 0.3) is 0 Å². The zero-order valence-electron chi connectivity index (χ0n) is 11.2. The highest BCUT2D eigenvalue weighted by molar-refractivity contribution is 5.91. The Bertz CT molecular complexity index is 636. The lowest BCUT2D eigenvalue weighted by Gasteiger charge is -2.05. The summed E-state index contributed by atoms with van der Waals surface area (Å²) in [6, 6.07) is 7.46. The first-order valence-electron chi connectivity index (χ1n) is 5.93. The van der Waals surface area contributed by atoms with Crippen molar-refractivity contribution in [2.45, 2.75) is 13.5 Å². The molecule has 20 heavy (non-hydrogen) atoms. The number of hydrogen-bond donors (Lipinski definition) is 1. The molecule has 0 saturated heterocycles. The summed E-state index contributed by atoms with van der Waals surface area (Å²) in [5.41, 5.74) is 1.83. The summed E-state index contributed by atoms with van der Waals surface area (Å²) >= 11 is 0. The maximum Gasteiger partial charge on any atom is 0.360 e. The van der Waals surface area contributed by atoms with Crippen molar-refractivity contribution in [2.24, 2.45) is 0 Å². The van der Waals surface area contributed by atoms with Gasteiger partial charge >= 0.3 is 5.97 Å². The van der Waals surface area contributed by atoms with Gasteiger partial charge < -0.3 is 10.1 Å². The van der Waals surface area contributed by atoms with Crippen LogP contribution in [0, 0.1) is 6.92 Å². The smallest absolute Gasteiger partial charge is 0.360 e. The Morgan fingerprint density at radius 2 is 2.20 bits per heavy atom. The van der Waals surface area contributed by atoms with E-state index >= 15 is 0 Å². The molecule has 1 amide bonds. The van der Waals surface area contributed by atoms with Crippen LogP contribution >= 0.6 is 0 Å². The van der Waals surface area contributed by atoms with E-state index in [0.717, 1.165) is 5.56 Å². The molecule has 1 N–H and O–H groups in total. The maximum atomic E-state index is 11.8. The summed E-state index contributed by atoms with van der Waals surface area (Å²) in [7, 11) is 1.26. The van der Waals surface area contributed by atoms with E-state index in [-0.39, 0.29) is 18.1 Å². The molecule has 0 saturated carbocycles. The fourth-order valence-electron chi connectivity index (χ4n) is 1.64. The molecule has 0 fully saturated rings. The van der Waals surface area contributed by atoms with Gasteiger partial charge in [0.1, 0.15) is 6.54 Å². The van der Waals surface area contributed by atoms with Gasteiger partial charge in [0.2, 0.25) is 5.91 Å². The van der Waals surface area contributed by atoms with Gasteiger partial charge in [-0.05, 0) is 24.6 Å². The van der Waals surface area contributed by atoms with Crippen LogP contribution in [0.5, 0.6) is 0 Å². The first-order chi connectivity index (χ1) is 9.58. The van der Waals surface area contributed by atoms with Crippen molar-refractivity contribution in [3.63, 3.8) is 0 Å². The topological polar surface area (TPSA) is 86.1 Å². The quantitative estimate of drug-likeness (QED) is 0.841. The number of carbonyl (C=O) groups excluding carboxylic acids is 2. The van der Waals surface area contributed by atoms with E-state index in [1.165, 1.54) is 18.0 Å². The first kappa shape index (κ1) is 13.7. The monoisotopic (exact) mass is 274 g/mol. The number of ether oxygens (including phenoxy) is 1. The number of amides is 1. The Morgan fingerprint density at radius 3 is 2.90 bits per heavy atom. The van der Waals surface area contributed by atoms with Crippen molar-refractivity contribution in [3.8, 4) is 0 Å². The molecule has 104 valence electrons. The SMILES string of the molecule is COC(=O)c1cn(CC(=O)Nc2cccc(C)c2)nn1. The molecule has 0 spiro atoms. The van der Waals surface area contributed by atoms with E-state index in [2.05, 4.69) is 20.4 Å². The van der Waals surface area contributed by atoms with Crippen molar-refractivity contribution in [1.29, 1.82) is 0 Å². The predicted molar refractivity (Wildman–Crippen MR) is 71.2 cm³/mol. The predicted octanol–water partition coefficient (Wildman–Crippen LogP) is 1.01. The number of aromatic nitrogens is 3. The molecule has 0 aliphatic rings. The second-order valence-electron chi connectivity index (χ2n) is 4.21. The molecule has 0 aliphatic carbocycles. The van der Waals surface area contributed by atoms with Crippen LogP contribution in [-0.2, 0) is 16.1 Å². The lowest BCUT2D eigenvalue weighted by Crippen LogP contribution is -2.19. The summed E-state index contributed by atoms with van der Waals surface area (Å²) < 4.78 is 5.78. The Labute approximate surface area is 115 Å². The number of nitrogens with one attached hydrogen (secondary N) is 1. The van der Waals surface area contributed by atoms with Gasteiger partial charge in [0.05, 0.1) is 13.3 Å². The minimum atomic E-state index is -0.588. The van der Waals surface area contributed by atoms with Gasteiger partial charge in [-0.1, -0.05) is 17.3 Å². The molecule has 2 aromatic rings. The third kappa shape index (κ3) is 3.41. The van der Waals surface area contributed by atoms with Gasteiger partial charge in [0.25, 0.3) is 0 Å². The third-order valence-corrected chi connectivity index (χ3v) is 2.54. The molecule has 2 rings (SSSR count). The Hall–Kier alpha value is -2.70. The zero-order chi connectivity index (χ0) is 14.5. The van der Waals surface area contributed by atoms with Crippen LogP contribution in [0.3, 0.4) is 0 Å². The Morgan fingerprint density at radius 1 is 1.40 bits per heavy atom. The van der Waals surface area contributed by atoms with Gasteiger partial charge in [-0.15, -0.1) is 5.10 Å². The number of benzene rings is 1. The van der Waals surface area contributed by atoms with E-state index in [1.54, 1.807) is 6.07 Å². The Kier molecular flexibility index (Phi) is 4.09. The van der Waals surface area contributed by atoms with Crippen molar-refractivity contribution in [3.05, 3.63) is 41.7 Å². The highest BCUT2D eigenvalue weighted by atomic mass is 16.5. The molecular formula is C13H14N4O3. The maximum absolute atomic E-state index is 11.8. The van der Waals surface area contributed by atoms with E-state index in [4.69, 9.17) is 0 Å². The van der Waals surface area contributed by atoms with Crippen LogP contribution in [0.15, 0.2) is 30.5 Å². The molecule has 7 nitrogen and oxygen atoms in total. The fraction of sp³-hybridized carbons (Fsp3) is 0.231. The van der Waals surface area contributed by atoms with Crippen molar-refractivity contribution < 1.29 is 14.3 Å². The van der Waals surface area contributed by atoms with E-state index < -0.39 is 5.97 Å². The molecule has 0 bridgehead atoms. The average Bonchev–Trinajstić information content (AvgIpc) is 2.86. The molecule has 1 heterocycles. The van der Waals surface area contributed by atoms with Crippen molar-refractivity contribution >= 4 is 17.6 Å². The molecule has 0 atom stereocenters. The summed E-state index contributed by atoms with van der Waals surface area (Å²) in [4.78, 5) is 23.0. The number of esters is 1. The van der Waals surface area contributed by atoms with Crippen molar-refractivity contribution in [2.75, 3.05) is 12.4 Å². The largest absolute Gasteiger partial charge is 0.464 e. The van der Waals surface area contributed by atoms with E-state index in [9.17, 15) is 9.59 Å². The summed E-state index contributed by atoms with van der Waals surface area (Å²) in [6.07, 6.45) is 1.36. The molecule has 0 unspecified atom stereocenters. The number of nitrogens with zero attached hydrogens (tertiary/aromatic N) is 3. The van der Waals surface area contributed by atoms with Crippen LogP contribution in [-0.4, -0.2) is 34.0 Å². The van der Waals surface area contributed by atoms with Gasteiger partial charge in [-0.25, -0.2) is 9.48 Å². The number of carbonyl (C=O) groups is 2. The first-order valence-corrected chi connectivity index (χ1v) is 5.93. The lowest BCUT2D eigenvalue weighted by atomic mass is 10.2. The van der Waals surface area contributed by atoms with Crippen LogP contribution in [0.1, 0.15) is 16.1 Å². The van der Waals surface area contributed by atoms with Crippen molar-refractivity contribution in [1.82, 2.24) is 15.0 Å². The zero-order valence-corrected chi connectivity index (χ0v) is 11.2. The molecular weight excluding hydrogens is 260 g/mol. The molecule has 0 radical (unpaired) electrons. The number of methoxy groups -OCH3 is 1. The average molecular weight is 274 g/mol. The number of rotatable bonds is 4. The van der Waals surface area contributed by atoms with Crippen LogP contribution < -0.4 is 5.32 Å². The standard InChI is InChI=1S/C13H14N4O3/c1-9-4-3-5-10(6-9)14-12(18)8-17-7-11(15-16-17)13(19)20-2/h3-7H,8H2,1-2H3,(H,14,18). The third-order valence-electron chi connectivity index (χ3n) is 2.54. The van der Waals surface area contributed by atoms with Crippen LogP contribution in [0.2, 0.25) is 0 Å². The fourth-order valence-corrected chi connectivity index (χ4v) is 1.64. The second kappa shape index (κ2) is 5.96. The van der Waals surface area contributed by atoms with Gasteiger partial charge in [0, 0.05) is 5.69 Å². The van der Waals surface area contributed by atoms with Crippen LogP contribution in [0.4, 0.5) is 5.69 Å². The summed E-state index contributed by atoms with van der Waals surface area (Å²) in [5, 5.41) is 10.0. The highest BCUT2D eigenvalue weighted by Gasteiger charge is 2.12. The number of aryl methyl sites for hydroxylation is 1. The van der Waals surface area contributed by atoms with Gasteiger partial charge in [0.15, 0.2) is 5.69 Å². The minimum absolute atomic E-state index is 0.0298. The number of anilines is 1. The normalized spacial score (nSPS) is 10.1. The van der Waals surface area contributed by atoms with E-state index in [0.29, 0.717) is 5.69 Å². The molecule has 1 aromatic carbocycles. The molecule has 0 aliphatic heterocycles. The molecule has 7 heteroatoms. The minimum Gasteiger partial charge on any atom is -0.464 e. The summed E-state index contributed by atoms with van der Waals surface area (Å²) in [6.45, 7) is 1.91. The van der Waals surface area contributed by atoms with Gasteiger partial charge in [-0.2, -0.15) is 0 Å². The summed E-state index contributed by atoms with van der Waals surface area (Å²) in [5.74, 6) is -0.841. The van der Waals surface area contributed by atoms with E-state index in [1.807, 2.05) is 25.1 Å². The highest BCUT2D eigenvalue weighted by Crippen LogP contribution is 2.09. The van der Waals surface area contributed by atoms with Gasteiger partial charge in [-0.3, -0.25) is 4.79 Å². The number of hydrogen-bond acceptors (Lipinski definition) is 5.